The third-order valence-electron chi connectivity index (χ3n) is 2.51. The largest absolute Gasteiger partial charge is 0.357 e. The van der Waals surface area contributed by atoms with Crippen molar-refractivity contribution in [2.45, 2.75) is 0 Å². The van der Waals surface area contributed by atoms with Crippen molar-refractivity contribution in [2.75, 3.05) is 0 Å². The number of hydrogen-bond donors (Lipinski definition) is 0. The molecular weight excluding hydrogens is 267 g/mol. The van der Waals surface area contributed by atoms with Gasteiger partial charge in [-0.1, -0.05) is 29.3 Å². The van der Waals surface area contributed by atoms with Crippen LogP contribution in [0.5, 0.6) is 0 Å². The molecule has 0 aliphatic heterocycles. The molecular formula is C14H10Cl2N2. The Morgan fingerprint density at radius 1 is 1.33 bits per heavy atom. The van der Waals surface area contributed by atoms with E-state index in [-0.39, 0.29) is 0 Å². The zero-order chi connectivity index (χ0) is 13.1. The molecule has 0 fully saturated rings. The van der Waals surface area contributed by atoms with Gasteiger partial charge in [0.1, 0.15) is 0 Å². The smallest absolute Gasteiger partial charge is 0.0998 e. The lowest BCUT2D eigenvalue weighted by Crippen LogP contribution is -1.84. The second-order valence-electron chi connectivity index (χ2n) is 3.90. The number of halogens is 2. The van der Waals surface area contributed by atoms with Crippen molar-refractivity contribution >= 4 is 34.9 Å². The lowest BCUT2D eigenvalue weighted by molar-refractivity contribution is 0.927. The van der Waals surface area contributed by atoms with Gasteiger partial charge in [0.25, 0.3) is 0 Å². The number of hydrogen-bond acceptors (Lipinski definition) is 1. The predicted octanol–water partition coefficient (Wildman–Crippen LogP) is 4.40. The minimum absolute atomic E-state index is 0.478. The Bertz CT molecular complexity index is 648. The average Bonchev–Trinajstić information content (AvgIpc) is 2.72. The molecule has 18 heavy (non-hydrogen) atoms. The third-order valence-corrected chi connectivity index (χ3v) is 3.06. The second kappa shape index (κ2) is 5.30. The summed E-state index contributed by atoms with van der Waals surface area (Å²) in [5.41, 5.74) is 2.16. The maximum atomic E-state index is 9.22. The Hall–Kier alpha value is -1.69. The number of aryl methyl sites for hydroxylation is 1. The zero-order valence-electron chi connectivity index (χ0n) is 9.69. The number of allylic oxidation sites excluding steroid dienone is 1. The summed E-state index contributed by atoms with van der Waals surface area (Å²) in [7, 11) is 1.93. The van der Waals surface area contributed by atoms with E-state index in [4.69, 9.17) is 23.2 Å². The molecule has 0 amide bonds. The van der Waals surface area contributed by atoms with Gasteiger partial charge < -0.3 is 4.57 Å². The molecule has 0 bridgehead atoms. The lowest BCUT2D eigenvalue weighted by atomic mass is 10.1. The third kappa shape index (κ3) is 2.76. The first-order chi connectivity index (χ1) is 8.60. The van der Waals surface area contributed by atoms with Gasteiger partial charge in [-0.05, 0) is 29.8 Å². The molecule has 0 aliphatic rings. The normalized spacial score (nSPS) is 11.3. The molecule has 0 atom stereocenters. The van der Waals surface area contributed by atoms with E-state index in [2.05, 4.69) is 6.07 Å². The highest BCUT2D eigenvalue weighted by Crippen LogP contribution is 2.28. The number of nitrogens with zero attached hydrogens (tertiary/aromatic N) is 2. The van der Waals surface area contributed by atoms with E-state index in [0.29, 0.717) is 21.2 Å². The van der Waals surface area contributed by atoms with E-state index in [1.165, 1.54) is 0 Å². The maximum Gasteiger partial charge on any atom is 0.0998 e. The lowest BCUT2D eigenvalue weighted by Gasteiger charge is -2.02. The number of rotatable bonds is 2. The van der Waals surface area contributed by atoms with Gasteiger partial charge in [0.2, 0.25) is 0 Å². The minimum atomic E-state index is 0.478. The fourth-order valence-electron chi connectivity index (χ4n) is 1.66. The molecule has 0 saturated heterocycles. The van der Waals surface area contributed by atoms with Crippen LogP contribution in [-0.4, -0.2) is 4.57 Å². The van der Waals surface area contributed by atoms with Gasteiger partial charge in [-0.15, -0.1) is 0 Å². The molecule has 0 N–H and O–H groups in total. The Morgan fingerprint density at radius 2 is 2.11 bits per heavy atom. The van der Waals surface area contributed by atoms with Gasteiger partial charge in [0, 0.05) is 30.0 Å². The van der Waals surface area contributed by atoms with Crippen LogP contribution in [0.2, 0.25) is 10.0 Å². The standard InChI is InChI=1S/C14H10Cl2N2/c1-18-5-4-10(9-18)6-11(8-17)13-3-2-12(15)7-14(13)16/h2-7,9H,1H3/b11-6+. The molecule has 0 aliphatic carbocycles. The summed E-state index contributed by atoms with van der Waals surface area (Å²) < 4.78 is 1.92. The van der Waals surface area contributed by atoms with Crippen LogP contribution in [0.3, 0.4) is 0 Å². The van der Waals surface area contributed by atoms with E-state index >= 15 is 0 Å². The summed E-state index contributed by atoms with van der Waals surface area (Å²) in [6, 6.07) is 9.20. The molecule has 0 saturated carbocycles. The van der Waals surface area contributed by atoms with E-state index in [1.54, 1.807) is 24.3 Å². The summed E-state index contributed by atoms with van der Waals surface area (Å²) >= 11 is 11.9. The first-order valence-corrected chi connectivity index (χ1v) is 6.05. The molecule has 1 aromatic heterocycles. The molecule has 4 heteroatoms. The SMILES string of the molecule is Cn1ccc(/C=C(\C#N)c2ccc(Cl)cc2Cl)c1. The molecule has 2 rings (SSSR count). The van der Waals surface area contributed by atoms with Gasteiger partial charge in [0.15, 0.2) is 0 Å². The van der Waals surface area contributed by atoms with E-state index in [1.807, 2.05) is 30.1 Å². The average molecular weight is 277 g/mol. The van der Waals surface area contributed by atoms with Crippen LogP contribution >= 0.6 is 23.2 Å². The summed E-state index contributed by atoms with van der Waals surface area (Å²) in [5, 5.41) is 10.3. The first kappa shape index (κ1) is 12.8. The Kier molecular flexibility index (Phi) is 3.76. The van der Waals surface area contributed by atoms with E-state index < -0.39 is 0 Å². The van der Waals surface area contributed by atoms with Crippen LogP contribution in [0.25, 0.3) is 11.6 Å². The highest BCUT2D eigenvalue weighted by molar-refractivity contribution is 6.36. The van der Waals surface area contributed by atoms with Crippen LogP contribution < -0.4 is 0 Å². The number of aromatic nitrogens is 1. The monoisotopic (exact) mass is 276 g/mol. The molecule has 1 heterocycles. The highest BCUT2D eigenvalue weighted by atomic mass is 35.5. The van der Waals surface area contributed by atoms with Gasteiger partial charge in [0.05, 0.1) is 16.7 Å². The van der Waals surface area contributed by atoms with E-state index in [0.717, 1.165) is 5.56 Å². The van der Waals surface area contributed by atoms with Crippen molar-refractivity contribution in [3.05, 3.63) is 57.8 Å². The van der Waals surface area contributed by atoms with Gasteiger partial charge in [-0.3, -0.25) is 0 Å². The summed E-state index contributed by atoms with van der Waals surface area (Å²) in [6.07, 6.45) is 5.65. The fourth-order valence-corrected chi connectivity index (χ4v) is 2.17. The number of nitriles is 1. The molecule has 90 valence electrons. The Morgan fingerprint density at radius 3 is 2.67 bits per heavy atom. The van der Waals surface area contributed by atoms with E-state index in [9.17, 15) is 5.26 Å². The zero-order valence-corrected chi connectivity index (χ0v) is 11.2. The Labute approximate surface area is 116 Å². The van der Waals surface area contributed by atoms with Gasteiger partial charge in [-0.25, -0.2) is 0 Å². The quantitative estimate of drug-likeness (QED) is 0.748. The summed E-state index contributed by atoms with van der Waals surface area (Å²) in [6.45, 7) is 0. The van der Waals surface area contributed by atoms with Crippen LogP contribution in [0.4, 0.5) is 0 Å². The molecule has 2 nitrogen and oxygen atoms in total. The van der Waals surface area contributed by atoms with Crippen LogP contribution in [0.15, 0.2) is 36.7 Å². The van der Waals surface area contributed by atoms with Crippen molar-refractivity contribution < 1.29 is 0 Å². The molecule has 1 aromatic carbocycles. The number of benzene rings is 1. The topological polar surface area (TPSA) is 28.7 Å². The molecule has 0 radical (unpaired) electrons. The van der Waals surface area contributed by atoms with Crippen molar-refractivity contribution in [2.24, 2.45) is 7.05 Å². The van der Waals surface area contributed by atoms with Crippen LogP contribution in [0, 0.1) is 11.3 Å². The highest BCUT2D eigenvalue weighted by Gasteiger charge is 2.07. The predicted molar refractivity (Wildman–Crippen MR) is 75.4 cm³/mol. The van der Waals surface area contributed by atoms with Crippen molar-refractivity contribution in [1.82, 2.24) is 4.57 Å². The second-order valence-corrected chi connectivity index (χ2v) is 4.75. The Balaban J connectivity index is 2.46. The summed E-state index contributed by atoms with van der Waals surface area (Å²) in [5.74, 6) is 0. The fraction of sp³-hybridized carbons (Fsp3) is 0.0714. The van der Waals surface area contributed by atoms with Gasteiger partial charge in [-0.2, -0.15) is 5.26 Å². The molecule has 2 aromatic rings. The summed E-state index contributed by atoms with van der Waals surface area (Å²) in [4.78, 5) is 0. The van der Waals surface area contributed by atoms with Crippen LogP contribution in [-0.2, 0) is 7.05 Å². The van der Waals surface area contributed by atoms with Crippen molar-refractivity contribution in [1.29, 1.82) is 5.26 Å². The molecule has 0 unspecified atom stereocenters. The van der Waals surface area contributed by atoms with Crippen LogP contribution in [0.1, 0.15) is 11.1 Å². The molecule has 0 spiro atoms. The van der Waals surface area contributed by atoms with Gasteiger partial charge >= 0.3 is 0 Å². The van der Waals surface area contributed by atoms with Crippen molar-refractivity contribution in [3.8, 4) is 6.07 Å². The minimum Gasteiger partial charge on any atom is -0.357 e. The van der Waals surface area contributed by atoms with Crippen molar-refractivity contribution in [3.63, 3.8) is 0 Å². The first-order valence-electron chi connectivity index (χ1n) is 5.29. The maximum absolute atomic E-state index is 9.22.